The van der Waals surface area contributed by atoms with Gasteiger partial charge in [-0.05, 0) is 54.3 Å². The molecule has 2 aromatic carbocycles. The molecule has 1 N–H and O–H groups in total. The number of ether oxygens (including phenoxy) is 1. The first-order valence-electron chi connectivity index (χ1n) is 7.98. The zero-order chi connectivity index (χ0) is 19.5. The van der Waals surface area contributed by atoms with Crippen LogP contribution in [0.1, 0.15) is 36.5 Å². The van der Waals surface area contributed by atoms with Crippen molar-refractivity contribution in [2.75, 3.05) is 11.9 Å². The molecule has 0 atom stereocenters. The molecule has 1 amide bonds. The Hall–Kier alpha value is -2.21. The third-order valence-electron chi connectivity index (χ3n) is 3.80. The van der Waals surface area contributed by atoms with Gasteiger partial charge in [0.05, 0.1) is 16.3 Å². The molecule has 0 saturated heterocycles. The SMILES string of the molecule is Cc1cc(OCC(=O)Nc2cc(C(F)(F)F)ccc2Cl)ccc1C(C)C. The number of aryl methyl sites for hydroxylation is 1. The lowest BCUT2D eigenvalue weighted by molar-refractivity contribution is -0.137. The lowest BCUT2D eigenvalue weighted by atomic mass is 9.98. The average molecular weight is 386 g/mol. The molecule has 0 unspecified atom stereocenters. The van der Waals surface area contributed by atoms with E-state index in [0.717, 1.165) is 23.8 Å². The number of amides is 1. The van der Waals surface area contributed by atoms with Crippen LogP contribution in [0.3, 0.4) is 0 Å². The maximum Gasteiger partial charge on any atom is 0.416 e. The van der Waals surface area contributed by atoms with Crippen LogP contribution in [0.15, 0.2) is 36.4 Å². The highest BCUT2D eigenvalue weighted by Gasteiger charge is 2.31. The third-order valence-corrected chi connectivity index (χ3v) is 4.13. The van der Waals surface area contributed by atoms with Gasteiger partial charge in [0.25, 0.3) is 5.91 Å². The van der Waals surface area contributed by atoms with Crippen molar-refractivity contribution in [2.45, 2.75) is 32.9 Å². The van der Waals surface area contributed by atoms with E-state index in [2.05, 4.69) is 19.2 Å². The Kier molecular flexibility index (Phi) is 6.18. The van der Waals surface area contributed by atoms with Crippen LogP contribution < -0.4 is 10.1 Å². The van der Waals surface area contributed by atoms with Crippen molar-refractivity contribution < 1.29 is 22.7 Å². The van der Waals surface area contributed by atoms with Crippen LogP contribution in [0.25, 0.3) is 0 Å². The molecule has 0 radical (unpaired) electrons. The molecule has 0 aliphatic carbocycles. The summed E-state index contributed by atoms with van der Waals surface area (Å²) in [5.74, 6) is 0.282. The third kappa shape index (κ3) is 5.14. The smallest absolute Gasteiger partial charge is 0.416 e. The fourth-order valence-electron chi connectivity index (χ4n) is 2.52. The van der Waals surface area contributed by atoms with Crippen molar-refractivity contribution in [2.24, 2.45) is 0 Å². The Morgan fingerprint density at radius 2 is 1.88 bits per heavy atom. The predicted molar refractivity (Wildman–Crippen MR) is 95.8 cm³/mol. The Morgan fingerprint density at radius 3 is 2.46 bits per heavy atom. The van der Waals surface area contributed by atoms with Gasteiger partial charge in [-0.1, -0.05) is 31.5 Å². The van der Waals surface area contributed by atoms with E-state index in [4.69, 9.17) is 16.3 Å². The Balaban J connectivity index is 2.02. The highest BCUT2D eigenvalue weighted by Crippen LogP contribution is 2.33. The Bertz CT molecular complexity index is 804. The number of carbonyl (C=O) groups excluding carboxylic acids is 1. The van der Waals surface area contributed by atoms with Gasteiger partial charge in [0.2, 0.25) is 0 Å². The van der Waals surface area contributed by atoms with Crippen molar-refractivity contribution in [3.63, 3.8) is 0 Å². The first-order chi connectivity index (χ1) is 12.1. The molecule has 0 aromatic heterocycles. The summed E-state index contributed by atoms with van der Waals surface area (Å²) in [5.41, 5.74) is 1.22. The summed E-state index contributed by atoms with van der Waals surface area (Å²) >= 11 is 5.85. The minimum absolute atomic E-state index is 0.0171. The van der Waals surface area contributed by atoms with Crippen LogP contribution in [-0.2, 0) is 11.0 Å². The van der Waals surface area contributed by atoms with E-state index >= 15 is 0 Å². The lowest BCUT2D eigenvalue weighted by Crippen LogP contribution is -2.20. The molecular weight excluding hydrogens is 367 g/mol. The summed E-state index contributed by atoms with van der Waals surface area (Å²) < 4.78 is 43.7. The van der Waals surface area contributed by atoms with Gasteiger partial charge in [-0.25, -0.2) is 0 Å². The lowest BCUT2D eigenvalue weighted by Gasteiger charge is -2.13. The summed E-state index contributed by atoms with van der Waals surface area (Å²) in [7, 11) is 0. The number of hydrogen-bond donors (Lipinski definition) is 1. The maximum absolute atomic E-state index is 12.8. The first-order valence-corrected chi connectivity index (χ1v) is 8.35. The van der Waals surface area contributed by atoms with Gasteiger partial charge >= 0.3 is 6.18 Å². The molecule has 2 aromatic rings. The standard InChI is InChI=1S/C19H19ClF3NO2/c1-11(2)15-6-5-14(8-12(15)3)26-10-18(25)24-17-9-13(19(21,22)23)4-7-16(17)20/h4-9,11H,10H2,1-3H3,(H,24,25). The summed E-state index contributed by atoms with van der Waals surface area (Å²) in [4.78, 5) is 12.0. The molecular formula is C19H19ClF3NO2. The summed E-state index contributed by atoms with van der Waals surface area (Å²) in [6.07, 6.45) is -4.52. The number of rotatable bonds is 5. The average Bonchev–Trinajstić information content (AvgIpc) is 2.53. The maximum atomic E-state index is 12.8. The van der Waals surface area contributed by atoms with Gasteiger partial charge in [-0.2, -0.15) is 13.2 Å². The topological polar surface area (TPSA) is 38.3 Å². The minimum Gasteiger partial charge on any atom is -0.484 e. The van der Waals surface area contributed by atoms with Gasteiger partial charge in [0.1, 0.15) is 5.75 Å². The summed E-state index contributed by atoms with van der Waals surface area (Å²) in [6, 6.07) is 8.24. The molecule has 140 valence electrons. The number of nitrogens with one attached hydrogen (secondary N) is 1. The van der Waals surface area contributed by atoms with E-state index in [1.807, 2.05) is 19.1 Å². The number of halogens is 4. The van der Waals surface area contributed by atoms with Crippen molar-refractivity contribution in [3.05, 3.63) is 58.1 Å². The van der Waals surface area contributed by atoms with Crippen LogP contribution in [-0.4, -0.2) is 12.5 Å². The molecule has 3 nitrogen and oxygen atoms in total. The number of benzene rings is 2. The van der Waals surface area contributed by atoms with Gasteiger partial charge in [-0.3, -0.25) is 4.79 Å². The van der Waals surface area contributed by atoms with Crippen LogP contribution in [0.5, 0.6) is 5.75 Å². The molecule has 0 spiro atoms. The van der Waals surface area contributed by atoms with E-state index in [1.54, 1.807) is 6.07 Å². The van der Waals surface area contributed by atoms with Crippen molar-refractivity contribution >= 4 is 23.2 Å². The van der Waals surface area contributed by atoms with Crippen molar-refractivity contribution in [3.8, 4) is 5.75 Å². The monoisotopic (exact) mass is 385 g/mol. The second-order valence-corrected chi connectivity index (χ2v) is 6.61. The highest BCUT2D eigenvalue weighted by molar-refractivity contribution is 6.33. The predicted octanol–water partition coefficient (Wildman–Crippen LogP) is 5.81. The summed E-state index contributed by atoms with van der Waals surface area (Å²) in [5, 5.41) is 2.36. The largest absolute Gasteiger partial charge is 0.484 e. The molecule has 2 rings (SSSR count). The molecule has 0 bridgehead atoms. The molecule has 0 aliphatic heterocycles. The molecule has 0 fully saturated rings. The highest BCUT2D eigenvalue weighted by atomic mass is 35.5. The van der Waals surface area contributed by atoms with Crippen molar-refractivity contribution in [1.29, 1.82) is 0 Å². The Labute approximate surface area is 155 Å². The van der Waals surface area contributed by atoms with Gasteiger partial charge in [-0.15, -0.1) is 0 Å². The zero-order valence-electron chi connectivity index (χ0n) is 14.6. The van der Waals surface area contributed by atoms with Crippen LogP contribution in [0.4, 0.5) is 18.9 Å². The quantitative estimate of drug-likeness (QED) is 0.705. The second kappa shape index (κ2) is 7.99. The number of alkyl halides is 3. The molecule has 7 heteroatoms. The normalized spacial score (nSPS) is 11.5. The number of carbonyl (C=O) groups is 1. The van der Waals surface area contributed by atoms with Gasteiger partial charge < -0.3 is 10.1 Å². The summed E-state index contributed by atoms with van der Waals surface area (Å²) in [6.45, 7) is 5.77. The second-order valence-electron chi connectivity index (χ2n) is 6.20. The molecule has 26 heavy (non-hydrogen) atoms. The minimum atomic E-state index is -4.52. The fraction of sp³-hybridized carbons (Fsp3) is 0.316. The Morgan fingerprint density at radius 1 is 1.19 bits per heavy atom. The molecule has 0 aliphatic rings. The first kappa shape index (κ1) is 20.1. The van der Waals surface area contributed by atoms with E-state index < -0.39 is 17.6 Å². The van der Waals surface area contributed by atoms with Crippen LogP contribution >= 0.6 is 11.6 Å². The van der Waals surface area contributed by atoms with Gasteiger partial charge in [0.15, 0.2) is 6.61 Å². The zero-order valence-corrected chi connectivity index (χ0v) is 15.3. The van der Waals surface area contributed by atoms with Crippen LogP contribution in [0, 0.1) is 6.92 Å². The van der Waals surface area contributed by atoms with E-state index in [-0.39, 0.29) is 17.3 Å². The molecule has 0 heterocycles. The van der Waals surface area contributed by atoms with Gasteiger partial charge in [0, 0.05) is 0 Å². The molecule has 0 saturated carbocycles. The van der Waals surface area contributed by atoms with E-state index in [9.17, 15) is 18.0 Å². The van der Waals surface area contributed by atoms with Crippen LogP contribution in [0.2, 0.25) is 5.02 Å². The number of hydrogen-bond acceptors (Lipinski definition) is 2. The van der Waals surface area contributed by atoms with Crippen molar-refractivity contribution in [1.82, 2.24) is 0 Å². The van der Waals surface area contributed by atoms with E-state index in [1.165, 1.54) is 5.56 Å². The number of anilines is 1. The van der Waals surface area contributed by atoms with E-state index in [0.29, 0.717) is 11.7 Å². The fourth-order valence-corrected chi connectivity index (χ4v) is 2.68.